The summed E-state index contributed by atoms with van der Waals surface area (Å²) in [6.07, 6.45) is 0. The van der Waals surface area contributed by atoms with Gasteiger partial charge in [-0.2, -0.15) is 5.26 Å². The third-order valence-corrected chi connectivity index (χ3v) is 4.51. The molecule has 2 rings (SSSR count). The summed E-state index contributed by atoms with van der Waals surface area (Å²) in [5.41, 5.74) is 1.70. The number of aromatic hydroxyl groups is 1. The highest BCUT2D eigenvalue weighted by Gasteiger charge is 2.19. The van der Waals surface area contributed by atoms with Crippen molar-refractivity contribution in [3.63, 3.8) is 0 Å². The Morgan fingerprint density at radius 3 is 2.48 bits per heavy atom. The number of benzene rings is 2. The summed E-state index contributed by atoms with van der Waals surface area (Å²) in [5, 5.41) is 18.7. The fourth-order valence-electron chi connectivity index (χ4n) is 1.89. The zero-order valence-corrected chi connectivity index (χ0v) is 12.4. The Balaban J connectivity index is 2.46. The molecule has 0 saturated heterocycles. The van der Waals surface area contributed by atoms with E-state index in [1.165, 1.54) is 18.2 Å². The molecule has 0 aliphatic rings. The number of sulfonamides is 1. The van der Waals surface area contributed by atoms with Crippen LogP contribution >= 0.6 is 0 Å². The van der Waals surface area contributed by atoms with Gasteiger partial charge in [-0.3, -0.25) is 4.72 Å². The van der Waals surface area contributed by atoms with Crippen LogP contribution in [0, 0.1) is 25.2 Å². The number of anilines is 1. The topological polar surface area (TPSA) is 90.2 Å². The van der Waals surface area contributed by atoms with E-state index in [4.69, 9.17) is 5.26 Å². The summed E-state index contributed by atoms with van der Waals surface area (Å²) in [7, 11) is -3.87. The van der Waals surface area contributed by atoms with Crippen molar-refractivity contribution in [2.24, 2.45) is 0 Å². The van der Waals surface area contributed by atoms with Gasteiger partial charge in [0.15, 0.2) is 0 Å². The smallest absolute Gasteiger partial charge is 0.262 e. The molecule has 0 heterocycles. The molecule has 0 aliphatic carbocycles. The Morgan fingerprint density at radius 2 is 1.86 bits per heavy atom. The second-order valence-corrected chi connectivity index (χ2v) is 6.37. The third-order valence-electron chi connectivity index (χ3n) is 3.00. The van der Waals surface area contributed by atoms with Crippen molar-refractivity contribution in [1.29, 1.82) is 5.26 Å². The van der Waals surface area contributed by atoms with Crippen molar-refractivity contribution in [3.05, 3.63) is 53.1 Å². The highest BCUT2D eigenvalue weighted by atomic mass is 32.2. The molecule has 0 saturated carbocycles. The first-order valence-corrected chi connectivity index (χ1v) is 7.65. The Morgan fingerprint density at radius 1 is 1.14 bits per heavy atom. The molecule has 0 unspecified atom stereocenters. The van der Waals surface area contributed by atoms with Crippen LogP contribution in [0.15, 0.2) is 41.3 Å². The molecular weight excluding hydrogens is 288 g/mol. The van der Waals surface area contributed by atoms with Crippen LogP contribution in [0.2, 0.25) is 0 Å². The van der Waals surface area contributed by atoms with Crippen LogP contribution in [0.3, 0.4) is 0 Å². The van der Waals surface area contributed by atoms with E-state index >= 15 is 0 Å². The van der Waals surface area contributed by atoms with Gasteiger partial charge < -0.3 is 5.11 Å². The zero-order chi connectivity index (χ0) is 15.6. The molecule has 6 heteroatoms. The molecule has 0 fully saturated rings. The van der Waals surface area contributed by atoms with Gasteiger partial charge in [-0.25, -0.2) is 8.42 Å². The maximum absolute atomic E-state index is 12.4. The SMILES string of the molecule is Cc1ccc(NS(=O)(=O)c2cc(C#N)ccc2C)c(O)c1. The van der Waals surface area contributed by atoms with Crippen LogP contribution < -0.4 is 4.72 Å². The Bertz CT molecular complexity index is 836. The molecular formula is C15H14N2O3S. The number of hydrogen-bond donors (Lipinski definition) is 2. The van der Waals surface area contributed by atoms with Gasteiger partial charge in [0.2, 0.25) is 0 Å². The van der Waals surface area contributed by atoms with Crippen molar-refractivity contribution in [2.75, 3.05) is 4.72 Å². The van der Waals surface area contributed by atoms with Crippen LogP contribution in [-0.2, 0) is 10.0 Å². The first kappa shape index (κ1) is 14.9. The molecule has 21 heavy (non-hydrogen) atoms. The molecule has 0 amide bonds. The van der Waals surface area contributed by atoms with Gasteiger partial charge in [-0.1, -0.05) is 12.1 Å². The standard InChI is InChI=1S/C15H14N2O3S/c1-10-3-6-13(14(18)7-10)17-21(19,20)15-8-12(9-16)5-4-11(15)2/h3-8,17-18H,1-2H3. The van der Waals surface area contributed by atoms with Crippen molar-refractivity contribution in [2.45, 2.75) is 18.7 Å². The summed E-state index contributed by atoms with van der Waals surface area (Å²) in [4.78, 5) is 0.0153. The summed E-state index contributed by atoms with van der Waals surface area (Å²) in [6.45, 7) is 3.43. The molecule has 0 aromatic heterocycles. The molecule has 0 radical (unpaired) electrons. The van der Waals surface area contributed by atoms with E-state index < -0.39 is 10.0 Å². The average molecular weight is 302 g/mol. The summed E-state index contributed by atoms with van der Waals surface area (Å²) >= 11 is 0. The van der Waals surface area contributed by atoms with Crippen molar-refractivity contribution in [1.82, 2.24) is 0 Å². The maximum Gasteiger partial charge on any atom is 0.262 e. The van der Waals surface area contributed by atoms with Crippen LogP contribution in [0.25, 0.3) is 0 Å². The van der Waals surface area contributed by atoms with Gasteiger partial charge in [0.25, 0.3) is 10.0 Å². The predicted octanol–water partition coefficient (Wildman–Crippen LogP) is 2.68. The molecule has 108 valence electrons. The van der Waals surface area contributed by atoms with Gasteiger partial charge in [0.05, 0.1) is 22.2 Å². The minimum absolute atomic E-state index is 0.0153. The number of nitriles is 1. The molecule has 2 aromatic carbocycles. The van der Waals surface area contributed by atoms with E-state index in [9.17, 15) is 13.5 Å². The minimum Gasteiger partial charge on any atom is -0.506 e. The lowest BCUT2D eigenvalue weighted by Gasteiger charge is -2.12. The first-order chi connectivity index (χ1) is 9.83. The number of rotatable bonds is 3. The lowest BCUT2D eigenvalue weighted by Crippen LogP contribution is -2.14. The number of aryl methyl sites for hydroxylation is 2. The first-order valence-electron chi connectivity index (χ1n) is 6.16. The molecule has 0 aliphatic heterocycles. The lowest BCUT2D eigenvalue weighted by atomic mass is 10.2. The number of phenols is 1. The quantitative estimate of drug-likeness (QED) is 0.853. The predicted molar refractivity (Wildman–Crippen MR) is 79.5 cm³/mol. The molecule has 0 spiro atoms. The maximum atomic E-state index is 12.4. The fourth-order valence-corrected chi connectivity index (χ4v) is 3.23. The molecule has 5 nitrogen and oxygen atoms in total. The van der Waals surface area contributed by atoms with E-state index in [0.29, 0.717) is 5.56 Å². The van der Waals surface area contributed by atoms with Crippen LogP contribution in [0.4, 0.5) is 5.69 Å². The molecule has 0 bridgehead atoms. The van der Waals surface area contributed by atoms with Gasteiger partial charge in [-0.05, 0) is 49.2 Å². The number of nitrogens with zero attached hydrogens (tertiary/aromatic N) is 1. The second kappa shape index (κ2) is 5.46. The Labute approximate surface area is 123 Å². The largest absolute Gasteiger partial charge is 0.506 e. The molecule has 2 aromatic rings. The summed E-state index contributed by atoms with van der Waals surface area (Å²) in [6, 6.07) is 11.0. The van der Waals surface area contributed by atoms with Gasteiger partial charge in [0, 0.05) is 0 Å². The van der Waals surface area contributed by atoms with Gasteiger partial charge in [-0.15, -0.1) is 0 Å². The highest BCUT2D eigenvalue weighted by molar-refractivity contribution is 7.92. The monoisotopic (exact) mass is 302 g/mol. The summed E-state index contributed by atoms with van der Waals surface area (Å²) in [5.74, 6) is -0.146. The molecule has 2 N–H and O–H groups in total. The summed E-state index contributed by atoms with van der Waals surface area (Å²) < 4.78 is 27.1. The number of hydrogen-bond acceptors (Lipinski definition) is 4. The van der Waals surface area contributed by atoms with E-state index in [-0.39, 0.29) is 21.9 Å². The number of phenolic OH excluding ortho intramolecular Hbond substituents is 1. The average Bonchev–Trinajstić information content (AvgIpc) is 2.42. The fraction of sp³-hybridized carbons (Fsp3) is 0.133. The lowest BCUT2D eigenvalue weighted by molar-refractivity contribution is 0.477. The zero-order valence-electron chi connectivity index (χ0n) is 11.6. The van der Waals surface area contributed by atoms with Gasteiger partial charge in [0.1, 0.15) is 5.75 Å². The van der Waals surface area contributed by atoms with E-state index in [2.05, 4.69) is 4.72 Å². The van der Waals surface area contributed by atoms with Crippen molar-refractivity contribution < 1.29 is 13.5 Å². The van der Waals surface area contributed by atoms with Gasteiger partial charge >= 0.3 is 0 Å². The van der Waals surface area contributed by atoms with Crippen LogP contribution in [-0.4, -0.2) is 13.5 Å². The third kappa shape index (κ3) is 3.15. The van der Waals surface area contributed by atoms with E-state index in [1.807, 2.05) is 6.07 Å². The molecule has 0 atom stereocenters. The van der Waals surface area contributed by atoms with Crippen molar-refractivity contribution >= 4 is 15.7 Å². The van der Waals surface area contributed by atoms with E-state index in [1.54, 1.807) is 32.0 Å². The highest BCUT2D eigenvalue weighted by Crippen LogP contribution is 2.27. The Hall–Kier alpha value is -2.52. The van der Waals surface area contributed by atoms with Crippen molar-refractivity contribution in [3.8, 4) is 11.8 Å². The van der Waals surface area contributed by atoms with Crippen LogP contribution in [0.5, 0.6) is 5.75 Å². The van der Waals surface area contributed by atoms with Crippen LogP contribution in [0.1, 0.15) is 16.7 Å². The Kier molecular flexibility index (Phi) is 3.87. The minimum atomic E-state index is -3.87. The van der Waals surface area contributed by atoms with E-state index in [0.717, 1.165) is 5.56 Å². The number of nitrogens with one attached hydrogen (secondary N) is 1. The normalized spacial score (nSPS) is 10.9. The second-order valence-electron chi connectivity index (χ2n) is 4.72.